The van der Waals surface area contributed by atoms with Crippen molar-refractivity contribution in [3.05, 3.63) is 42.0 Å². The van der Waals surface area contributed by atoms with Gasteiger partial charge in [-0.3, -0.25) is 29.8 Å². The molecule has 1 rings (SSSR count). The van der Waals surface area contributed by atoms with Crippen LogP contribution >= 0.6 is 0 Å². The van der Waals surface area contributed by atoms with Gasteiger partial charge < -0.3 is 10.8 Å². The number of carboxylic acids is 1. The number of amides is 2. The fourth-order valence-corrected chi connectivity index (χ4v) is 4.73. The van der Waals surface area contributed by atoms with E-state index < -0.39 is 46.9 Å². The number of hydrazine groups is 1. The van der Waals surface area contributed by atoms with Crippen LogP contribution in [0.15, 0.2) is 36.4 Å². The molecular formula is C26H40N4O6. The molecule has 0 saturated carbocycles. The molecule has 4 atom stereocenters. The number of hydroxylamine groups is 1. The lowest BCUT2D eigenvalue weighted by Gasteiger charge is -2.42. The molecule has 0 aliphatic carbocycles. The largest absolute Gasteiger partial charge is 0.481 e. The summed E-state index contributed by atoms with van der Waals surface area (Å²) in [5, 5.41) is 18.8. The molecule has 0 aliphatic heterocycles. The second kappa shape index (κ2) is 14.5. The number of carbonyl (C=O) groups is 4. The molecular weight excluding hydrogens is 464 g/mol. The van der Waals surface area contributed by atoms with E-state index in [1.807, 2.05) is 58.0 Å². The molecule has 200 valence electrons. The maximum atomic E-state index is 14.1. The normalized spacial score (nSPS) is 15.8. The maximum Gasteiger partial charge on any atom is 0.303 e. The summed E-state index contributed by atoms with van der Waals surface area (Å²) < 4.78 is 0. The molecule has 1 unspecified atom stereocenters. The number of rotatable bonds is 15. The third kappa shape index (κ3) is 8.54. The number of carbonyl (C=O) groups excluding carboxylic acids is 3. The first-order valence-corrected chi connectivity index (χ1v) is 12.1. The van der Waals surface area contributed by atoms with Crippen LogP contribution in [0, 0.1) is 29.1 Å². The Bertz CT molecular complexity index is 918. The van der Waals surface area contributed by atoms with E-state index in [9.17, 15) is 24.4 Å². The Kier molecular flexibility index (Phi) is 12.4. The van der Waals surface area contributed by atoms with Crippen LogP contribution in [0.1, 0.15) is 58.9 Å². The molecule has 0 aromatic heterocycles. The van der Waals surface area contributed by atoms with E-state index in [4.69, 9.17) is 16.7 Å². The van der Waals surface area contributed by atoms with Crippen LogP contribution in [-0.4, -0.2) is 39.9 Å². The van der Waals surface area contributed by atoms with Crippen LogP contribution < -0.4 is 22.5 Å². The van der Waals surface area contributed by atoms with E-state index in [-0.39, 0.29) is 37.5 Å². The van der Waals surface area contributed by atoms with Gasteiger partial charge in [0.1, 0.15) is 0 Å². The first-order chi connectivity index (χ1) is 16.9. The predicted octanol–water partition coefficient (Wildman–Crippen LogP) is 2.27. The van der Waals surface area contributed by atoms with E-state index in [0.717, 1.165) is 5.56 Å². The van der Waals surface area contributed by atoms with Gasteiger partial charge in [0, 0.05) is 6.42 Å². The molecule has 0 spiro atoms. The molecule has 1 aromatic rings. The summed E-state index contributed by atoms with van der Waals surface area (Å²) in [6.45, 7) is 7.43. The number of nitrogens with two attached hydrogens (primary N) is 2. The van der Waals surface area contributed by atoms with Crippen LogP contribution in [0.5, 0.6) is 0 Å². The molecule has 0 saturated heterocycles. The SMILES string of the molecule is CC(C)C[C@@H](C(=O)NN)[C@H](C(=O)NO)C(/C=C/c1ccccc1)(CC(C)C)C(=O)[C@H](N)CCC(=O)O. The van der Waals surface area contributed by atoms with Crippen molar-refractivity contribution in [1.29, 1.82) is 0 Å². The van der Waals surface area contributed by atoms with Gasteiger partial charge >= 0.3 is 5.97 Å². The van der Waals surface area contributed by atoms with Gasteiger partial charge in [-0.2, -0.15) is 0 Å². The fraction of sp³-hybridized carbons (Fsp3) is 0.538. The Hall–Kier alpha value is -3.08. The first-order valence-electron chi connectivity index (χ1n) is 12.1. The third-order valence-corrected chi connectivity index (χ3v) is 6.14. The van der Waals surface area contributed by atoms with Gasteiger partial charge in [-0.1, -0.05) is 70.2 Å². The molecule has 0 aliphatic rings. The van der Waals surface area contributed by atoms with E-state index in [1.165, 1.54) is 0 Å². The van der Waals surface area contributed by atoms with Crippen molar-refractivity contribution in [1.82, 2.24) is 10.9 Å². The quantitative estimate of drug-likeness (QED) is 0.0908. The Labute approximate surface area is 212 Å². The summed E-state index contributed by atoms with van der Waals surface area (Å²) >= 11 is 0. The Morgan fingerprint density at radius 2 is 1.64 bits per heavy atom. The highest BCUT2D eigenvalue weighted by atomic mass is 16.5. The second-order valence-corrected chi connectivity index (χ2v) is 9.98. The zero-order valence-electron chi connectivity index (χ0n) is 21.4. The summed E-state index contributed by atoms with van der Waals surface area (Å²) in [7, 11) is 0. The number of hydrogen-bond acceptors (Lipinski definition) is 7. The zero-order chi connectivity index (χ0) is 27.5. The average Bonchev–Trinajstić information content (AvgIpc) is 2.83. The average molecular weight is 505 g/mol. The number of benzene rings is 1. The van der Waals surface area contributed by atoms with Crippen LogP contribution in [0.4, 0.5) is 0 Å². The highest BCUT2D eigenvalue weighted by Gasteiger charge is 2.53. The minimum absolute atomic E-state index is 0.0630. The summed E-state index contributed by atoms with van der Waals surface area (Å²) in [6, 6.07) is 7.85. The van der Waals surface area contributed by atoms with Gasteiger partial charge in [0.25, 0.3) is 0 Å². The van der Waals surface area contributed by atoms with Crippen molar-refractivity contribution >= 4 is 29.6 Å². The number of Topliss-reactive ketones (excluding diaryl/α,β-unsaturated/α-hetero) is 1. The van der Waals surface area contributed by atoms with Crippen molar-refractivity contribution in [2.45, 2.75) is 59.4 Å². The van der Waals surface area contributed by atoms with Crippen LogP contribution in [-0.2, 0) is 19.2 Å². The minimum Gasteiger partial charge on any atom is -0.481 e. The van der Waals surface area contributed by atoms with Crippen molar-refractivity contribution in [2.24, 2.45) is 40.7 Å². The fourth-order valence-electron chi connectivity index (χ4n) is 4.73. The van der Waals surface area contributed by atoms with Gasteiger partial charge in [0.2, 0.25) is 11.8 Å². The number of aliphatic carboxylic acids is 1. The summed E-state index contributed by atoms with van der Waals surface area (Å²) in [6.07, 6.45) is 3.05. The molecule has 10 heteroatoms. The van der Waals surface area contributed by atoms with E-state index in [2.05, 4.69) is 5.43 Å². The van der Waals surface area contributed by atoms with Crippen molar-refractivity contribution in [2.75, 3.05) is 0 Å². The molecule has 8 N–H and O–H groups in total. The smallest absolute Gasteiger partial charge is 0.303 e. The van der Waals surface area contributed by atoms with E-state index in [0.29, 0.717) is 0 Å². The molecule has 10 nitrogen and oxygen atoms in total. The van der Waals surface area contributed by atoms with Crippen LogP contribution in [0.3, 0.4) is 0 Å². The lowest BCUT2D eigenvalue weighted by molar-refractivity contribution is -0.151. The highest BCUT2D eigenvalue weighted by molar-refractivity contribution is 5.99. The summed E-state index contributed by atoms with van der Waals surface area (Å²) in [4.78, 5) is 51.5. The lowest BCUT2D eigenvalue weighted by Crippen LogP contribution is -2.56. The number of ketones is 1. The minimum atomic E-state index is -1.65. The molecule has 0 bridgehead atoms. The van der Waals surface area contributed by atoms with Crippen LogP contribution in [0.25, 0.3) is 6.08 Å². The standard InChI is InChI=1S/C26H40N4O6/c1-16(2)14-19(24(34)29-28)22(25(35)30-36)26(15-17(3)4,13-12-18-8-6-5-7-9-18)23(33)20(27)10-11-21(31)32/h5-9,12-13,16-17,19-20,22,36H,10-11,14-15,27-28H2,1-4H3,(H,29,34)(H,30,35)(H,31,32)/b13-12+/t19-,20-,22-,26?/m1/s1. The number of allylic oxidation sites excluding steroid dienone is 1. The highest BCUT2D eigenvalue weighted by Crippen LogP contribution is 2.45. The van der Waals surface area contributed by atoms with Gasteiger partial charge in [-0.05, 0) is 36.7 Å². The summed E-state index contributed by atoms with van der Waals surface area (Å²) in [5.74, 6) is -0.491. The Morgan fingerprint density at radius 3 is 2.11 bits per heavy atom. The van der Waals surface area contributed by atoms with E-state index in [1.54, 1.807) is 17.6 Å². The van der Waals surface area contributed by atoms with Crippen LogP contribution in [0.2, 0.25) is 0 Å². The Morgan fingerprint density at radius 1 is 1.03 bits per heavy atom. The molecule has 36 heavy (non-hydrogen) atoms. The second-order valence-electron chi connectivity index (χ2n) is 9.98. The van der Waals surface area contributed by atoms with Gasteiger partial charge in [-0.25, -0.2) is 11.3 Å². The van der Waals surface area contributed by atoms with Crippen molar-refractivity contribution in [3.63, 3.8) is 0 Å². The van der Waals surface area contributed by atoms with E-state index >= 15 is 0 Å². The van der Waals surface area contributed by atoms with Gasteiger partial charge in [0.05, 0.1) is 23.3 Å². The third-order valence-electron chi connectivity index (χ3n) is 6.14. The van der Waals surface area contributed by atoms with Gasteiger partial charge in [0.15, 0.2) is 5.78 Å². The lowest BCUT2D eigenvalue weighted by atomic mass is 9.59. The summed E-state index contributed by atoms with van der Waals surface area (Å²) in [5.41, 5.74) is 9.04. The van der Waals surface area contributed by atoms with Crippen molar-refractivity contribution in [3.8, 4) is 0 Å². The molecule has 0 fully saturated rings. The Balaban J connectivity index is 3.92. The number of carboxylic acid groups (broad SMARTS) is 1. The topological polar surface area (TPSA) is 185 Å². The molecule has 2 amide bonds. The first kappa shape index (κ1) is 31.0. The number of nitrogens with one attached hydrogen (secondary N) is 2. The zero-order valence-corrected chi connectivity index (χ0v) is 21.4. The molecule has 0 radical (unpaired) electrons. The van der Waals surface area contributed by atoms with Gasteiger partial charge in [-0.15, -0.1) is 0 Å². The van der Waals surface area contributed by atoms with Crippen molar-refractivity contribution < 1.29 is 29.5 Å². The number of hydrogen-bond donors (Lipinski definition) is 6. The predicted molar refractivity (Wildman–Crippen MR) is 136 cm³/mol. The molecule has 1 aromatic carbocycles. The maximum absolute atomic E-state index is 14.1. The molecule has 0 heterocycles. The monoisotopic (exact) mass is 504 g/mol.